The lowest BCUT2D eigenvalue weighted by Crippen LogP contribution is -2.23. The van der Waals surface area contributed by atoms with Gasteiger partial charge in [0.2, 0.25) is 0 Å². The number of hydrogen-bond donors (Lipinski definition) is 1. The first-order valence-electron chi connectivity index (χ1n) is 7.02. The van der Waals surface area contributed by atoms with Crippen molar-refractivity contribution >= 4 is 0 Å². The molecule has 1 aliphatic heterocycles. The summed E-state index contributed by atoms with van der Waals surface area (Å²) in [6.45, 7) is 7.79. The van der Waals surface area contributed by atoms with Crippen molar-refractivity contribution in [2.75, 3.05) is 13.7 Å². The van der Waals surface area contributed by atoms with Crippen molar-refractivity contribution < 1.29 is 4.74 Å². The molecule has 2 rings (SSSR count). The molecule has 1 aromatic carbocycles. The summed E-state index contributed by atoms with van der Waals surface area (Å²) in [5.41, 5.74) is 4.04. The van der Waals surface area contributed by atoms with Crippen molar-refractivity contribution in [1.29, 1.82) is 0 Å². The Kier molecular flexibility index (Phi) is 4.28. The Balaban J connectivity index is 2.25. The number of hydrogen-bond acceptors (Lipinski definition) is 2. The Bertz CT molecular complexity index is 406. The molecule has 0 saturated carbocycles. The summed E-state index contributed by atoms with van der Waals surface area (Å²) in [4.78, 5) is 0. The molecule has 1 heterocycles. The highest BCUT2D eigenvalue weighted by Crippen LogP contribution is 2.31. The second-order valence-corrected chi connectivity index (χ2v) is 5.69. The minimum atomic E-state index is 0.509. The molecular formula is C16H25NO. The van der Waals surface area contributed by atoms with Gasteiger partial charge >= 0.3 is 0 Å². The highest BCUT2D eigenvalue weighted by Gasteiger charge is 2.17. The summed E-state index contributed by atoms with van der Waals surface area (Å²) >= 11 is 0. The molecule has 18 heavy (non-hydrogen) atoms. The molecule has 0 aliphatic carbocycles. The molecule has 1 saturated heterocycles. The smallest absolute Gasteiger partial charge is 0.125 e. The van der Waals surface area contributed by atoms with Crippen molar-refractivity contribution in [2.24, 2.45) is 0 Å². The predicted molar refractivity (Wildman–Crippen MR) is 76.5 cm³/mol. The van der Waals surface area contributed by atoms with Crippen LogP contribution in [0.25, 0.3) is 0 Å². The molecule has 0 spiro atoms. The van der Waals surface area contributed by atoms with Crippen LogP contribution in [0.2, 0.25) is 0 Å². The number of methoxy groups -OCH3 is 1. The zero-order valence-corrected chi connectivity index (χ0v) is 12.0. The SMILES string of the molecule is COc1c(C)cc(CC2CCCN2)cc1C(C)C. The molecule has 1 unspecified atom stereocenters. The molecule has 0 bridgehead atoms. The fourth-order valence-corrected chi connectivity index (χ4v) is 2.92. The van der Waals surface area contributed by atoms with Gasteiger partial charge in [-0.2, -0.15) is 0 Å². The predicted octanol–water partition coefficient (Wildman–Crippen LogP) is 3.42. The average molecular weight is 247 g/mol. The molecule has 1 aliphatic rings. The first-order valence-corrected chi connectivity index (χ1v) is 7.02. The van der Waals surface area contributed by atoms with E-state index >= 15 is 0 Å². The van der Waals surface area contributed by atoms with Crippen LogP contribution in [0.15, 0.2) is 12.1 Å². The molecule has 1 atom stereocenters. The number of rotatable bonds is 4. The zero-order chi connectivity index (χ0) is 13.1. The number of ether oxygens (including phenoxy) is 1. The van der Waals surface area contributed by atoms with E-state index in [1.54, 1.807) is 7.11 Å². The Morgan fingerprint density at radius 1 is 1.39 bits per heavy atom. The maximum atomic E-state index is 5.55. The Morgan fingerprint density at radius 3 is 2.72 bits per heavy atom. The quantitative estimate of drug-likeness (QED) is 0.880. The van der Waals surface area contributed by atoms with E-state index in [9.17, 15) is 0 Å². The Labute approximate surface area is 111 Å². The molecule has 0 radical (unpaired) electrons. The highest BCUT2D eigenvalue weighted by molar-refractivity contribution is 5.45. The first-order chi connectivity index (χ1) is 8.61. The fraction of sp³-hybridized carbons (Fsp3) is 0.625. The summed E-state index contributed by atoms with van der Waals surface area (Å²) in [5.74, 6) is 1.57. The van der Waals surface area contributed by atoms with Gasteiger partial charge in [0.15, 0.2) is 0 Å². The van der Waals surface area contributed by atoms with Crippen LogP contribution in [0.5, 0.6) is 5.75 Å². The van der Waals surface area contributed by atoms with Gasteiger partial charge in [0.1, 0.15) is 5.75 Å². The lowest BCUT2D eigenvalue weighted by Gasteiger charge is -2.18. The standard InChI is InChI=1S/C16H25NO/c1-11(2)15-10-13(8-12(3)16(15)18-4)9-14-6-5-7-17-14/h8,10-11,14,17H,5-7,9H2,1-4H3. The van der Waals surface area contributed by atoms with Crippen molar-refractivity contribution in [3.8, 4) is 5.75 Å². The largest absolute Gasteiger partial charge is 0.496 e. The first kappa shape index (κ1) is 13.4. The van der Waals surface area contributed by atoms with Crippen LogP contribution in [0.4, 0.5) is 0 Å². The van der Waals surface area contributed by atoms with Gasteiger partial charge in [0.25, 0.3) is 0 Å². The van der Waals surface area contributed by atoms with Crippen LogP contribution in [0.3, 0.4) is 0 Å². The van der Waals surface area contributed by atoms with Crippen molar-refractivity contribution in [2.45, 2.75) is 52.0 Å². The number of aryl methyl sites for hydroxylation is 1. The fourth-order valence-electron chi connectivity index (χ4n) is 2.92. The topological polar surface area (TPSA) is 21.3 Å². The molecule has 1 fully saturated rings. The van der Waals surface area contributed by atoms with Crippen LogP contribution in [0.1, 0.15) is 49.3 Å². The van der Waals surface area contributed by atoms with Crippen molar-refractivity contribution in [3.05, 3.63) is 28.8 Å². The van der Waals surface area contributed by atoms with E-state index in [-0.39, 0.29) is 0 Å². The lowest BCUT2D eigenvalue weighted by atomic mass is 9.93. The van der Waals surface area contributed by atoms with E-state index in [1.807, 2.05) is 0 Å². The van der Waals surface area contributed by atoms with Gasteiger partial charge in [0.05, 0.1) is 7.11 Å². The molecular weight excluding hydrogens is 222 g/mol. The Morgan fingerprint density at radius 2 is 2.17 bits per heavy atom. The van der Waals surface area contributed by atoms with Crippen molar-refractivity contribution in [1.82, 2.24) is 5.32 Å². The van der Waals surface area contributed by atoms with Crippen LogP contribution >= 0.6 is 0 Å². The molecule has 0 amide bonds. The second kappa shape index (κ2) is 5.75. The molecule has 2 nitrogen and oxygen atoms in total. The van der Waals surface area contributed by atoms with E-state index < -0.39 is 0 Å². The minimum absolute atomic E-state index is 0.509. The minimum Gasteiger partial charge on any atom is -0.496 e. The van der Waals surface area contributed by atoms with Gasteiger partial charge in [-0.1, -0.05) is 26.0 Å². The normalized spacial score (nSPS) is 19.5. The average Bonchev–Trinajstić information content (AvgIpc) is 2.81. The maximum absolute atomic E-state index is 5.55. The van der Waals surface area contributed by atoms with E-state index in [1.165, 1.54) is 36.1 Å². The molecule has 1 aromatic rings. The van der Waals surface area contributed by atoms with E-state index in [4.69, 9.17) is 4.74 Å². The molecule has 100 valence electrons. The van der Waals surface area contributed by atoms with Gasteiger partial charge in [-0.05, 0) is 55.3 Å². The van der Waals surface area contributed by atoms with Gasteiger partial charge < -0.3 is 10.1 Å². The molecule has 0 aromatic heterocycles. The van der Waals surface area contributed by atoms with Crippen molar-refractivity contribution in [3.63, 3.8) is 0 Å². The van der Waals surface area contributed by atoms with E-state index in [0.717, 1.165) is 12.2 Å². The third kappa shape index (κ3) is 2.86. The third-order valence-electron chi connectivity index (χ3n) is 3.83. The maximum Gasteiger partial charge on any atom is 0.125 e. The summed E-state index contributed by atoms with van der Waals surface area (Å²) in [5, 5.41) is 3.57. The highest BCUT2D eigenvalue weighted by atomic mass is 16.5. The zero-order valence-electron chi connectivity index (χ0n) is 12.0. The second-order valence-electron chi connectivity index (χ2n) is 5.69. The molecule has 1 N–H and O–H groups in total. The summed E-state index contributed by atoms with van der Waals surface area (Å²) in [6, 6.07) is 5.28. The third-order valence-corrected chi connectivity index (χ3v) is 3.83. The lowest BCUT2D eigenvalue weighted by molar-refractivity contribution is 0.404. The van der Waals surface area contributed by atoms with E-state index in [2.05, 4.69) is 38.2 Å². The summed E-state index contributed by atoms with van der Waals surface area (Å²) in [6.07, 6.45) is 3.77. The van der Waals surface area contributed by atoms with E-state index in [0.29, 0.717) is 12.0 Å². The summed E-state index contributed by atoms with van der Waals surface area (Å²) < 4.78 is 5.55. The summed E-state index contributed by atoms with van der Waals surface area (Å²) in [7, 11) is 1.77. The van der Waals surface area contributed by atoms with Gasteiger partial charge in [-0.15, -0.1) is 0 Å². The monoisotopic (exact) mass is 247 g/mol. The van der Waals surface area contributed by atoms with Crippen LogP contribution in [-0.4, -0.2) is 19.7 Å². The molecule has 2 heteroatoms. The van der Waals surface area contributed by atoms with Gasteiger partial charge in [-0.25, -0.2) is 0 Å². The van der Waals surface area contributed by atoms with Gasteiger partial charge in [0, 0.05) is 6.04 Å². The van der Waals surface area contributed by atoms with Crippen LogP contribution < -0.4 is 10.1 Å². The van der Waals surface area contributed by atoms with Crippen LogP contribution in [0, 0.1) is 6.92 Å². The Hall–Kier alpha value is -1.02. The van der Waals surface area contributed by atoms with Crippen LogP contribution in [-0.2, 0) is 6.42 Å². The van der Waals surface area contributed by atoms with Gasteiger partial charge in [-0.3, -0.25) is 0 Å². The number of benzene rings is 1. The number of nitrogens with one attached hydrogen (secondary N) is 1.